The number of pyridine rings is 1. The van der Waals surface area contributed by atoms with Crippen molar-refractivity contribution < 1.29 is 18.7 Å². The molecular formula is C10H7F2N3O2. The molecule has 0 unspecified atom stereocenters. The maximum atomic E-state index is 13.4. The van der Waals surface area contributed by atoms with Crippen molar-refractivity contribution in [2.45, 2.75) is 6.92 Å². The summed E-state index contributed by atoms with van der Waals surface area (Å²) in [5.41, 5.74) is 0.165. The lowest BCUT2D eigenvalue weighted by Crippen LogP contribution is -2.02. The van der Waals surface area contributed by atoms with Crippen LogP contribution in [0.25, 0.3) is 5.82 Å². The molecule has 0 atom stereocenters. The van der Waals surface area contributed by atoms with Crippen molar-refractivity contribution in [1.29, 1.82) is 0 Å². The molecule has 7 heteroatoms. The van der Waals surface area contributed by atoms with Gasteiger partial charge in [0, 0.05) is 12.3 Å². The fourth-order valence-electron chi connectivity index (χ4n) is 1.35. The molecule has 0 aliphatic heterocycles. The lowest BCUT2D eigenvalue weighted by atomic mass is 10.3. The number of aromatic nitrogens is 3. The van der Waals surface area contributed by atoms with Crippen LogP contribution in [0.2, 0.25) is 0 Å². The number of aryl methyl sites for hydroxylation is 1. The molecule has 2 rings (SSSR count). The molecule has 5 nitrogen and oxygen atoms in total. The fourth-order valence-corrected chi connectivity index (χ4v) is 1.35. The van der Waals surface area contributed by atoms with E-state index in [4.69, 9.17) is 5.11 Å². The topological polar surface area (TPSA) is 68.0 Å². The van der Waals surface area contributed by atoms with Gasteiger partial charge in [0.2, 0.25) is 0 Å². The van der Waals surface area contributed by atoms with Gasteiger partial charge in [0.1, 0.15) is 11.4 Å². The largest absolute Gasteiger partial charge is 0.478 e. The molecule has 0 saturated carbocycles. The number of aromatic carboxylic acids is 1. The summed E-state index contributed by atoms with van der Waals surface area (Å²) in [6.07, 6.45) is 1.96. The second-order valence-electron chi connectivity index (χ2n) is 3.34. The number of carboxylic acids is 1. The Kier molecular flexibility index (Phi) is 2.58. The van der Waals surface area contributed by atoms with Gasteiger partial charge in [-0.05, 0) is 6.92 Å². The second kappa shape index (κ2) is 3.93. The van der Waals surface area contributed by atoms with Crippen LogP contribution in [0.5, 0.6) is 0 Å². The fraction of sp³-hybridized carbons (Fsp3) is 0.100. The Balaban J connectivity index is 2.53. The van der Waals surface area contributed by atoms with Gasteiger partial charge in [0.25, 0.3) is 0 Å². The van der Waals surface area contributed by atoms with Gasteiger partial charge < -0.3 is 5.11 Å². The Morgan fingerprint density at radius 3 is 2.71 bits per heavy atom. The third kappa shape index (κ3) is 1.99. The van der Waals surface area contributed by atoms with Crippen molar-refractivity contribution in [3.63, 3.8) is 0 Å². The summed E-state index contributed by atoms with van der Waals surface area (Å²) < 4.78 is 27.0. The van der Waals surface area contributed by atoms with E-state index in [1.165, 1.54) is 6.92 Å². The molecule has 1 N–H and O–H groups in total. The van der Waals surface area contributed by atoms with E-state index in [0.717, 1.165) is 17.1 Å². The van der Waals surface area contributed by atoms with Crippen LogP contribution < -0.4 is 0 Å². The molecule has 0 amide bonds. The molecule has 0 aliphatic rings. The Labute approximate surface area is 94.3 Å². The summed E-state index contributed by atoms with van der Waals surface area (Å²) in [7, 11) is 0. The number of hydrogen-bond donors (Lipinski definition) is 1. The van der Waals surface area contributed by atoms with Gasteiger partial charge in [-0.3, -0.25) is 0 Å². The predicted molar refractivity (Wildman–Crippen MR) is 53.0 cm³/mol. The molecule has 0 aliphatic carbocycles. The highest BCUT2D eigenvalue weighted by Gasteiger charge is 2.15. The Hall–Kier alpha value is -2.31. The molecule has 2 aromatic heterocycles. The minimum atomic E-state index is -1.17. The van der Waals surface area contributed by atoms with Gasteiger partial charge in [0.15, 0.2) is 11.6 Å². The van der Waals surface area contributed by atoms with E-state index in [-0.39, 0.29) is 17.1 Å². The van der Waals surface area contributed by atoms with E-state index in [9.17, 15) is 13.6 Å². The number of halogens is 2. The molecule has 0 spiro atoms. The first-order valence-corrected chi connectivity index (χ1v) is 4.60. The van der Waals surface area contributed by atoms with E-state index in [1.54, 1.807) is 0 Å². The van der Waals surface area contributed by atoms with Crippen LogP contribution >= 0.6 is 0 Å². The van der Waals surface area contributed by atoms with E-state index in [1.807, 2.05) is 0 Å². The average Bonchev–Trinajstić information content (AvgIpc) is 2.60. The van der Waals surface area contributed by atoms with Gasteiger partial charge in [-0.15, -0.1) is 0 Å². The summed E-state index contributed by atoms with van der Waals surface area (Å²) in [6, 6.07) is 0.653. The minimum absolute atomic E-state index is 0.0597. The number of carboxylic acid groups (broad SMARTS) is 1. The molecule has 17 heavy (non-hydrogen) atoms. The Bertz CT molecular complexity index is 595. The zero-order valence-electron chi connectivity index (χ0n) is 8.69. The highest BCUT2D eigenvalue weighted by molar-refractivity contribution is 5.88. The van der Waals surface area contributed by atoms with E-state index < -0.39 is 17.6 Å². The van der Waals surface area contributed by atoms with Crippen LogP contribution in [0.4, 0.5) is 8.78 Å². The molecule has 88 valence electrons. The van der Waals surface area contributed by atoms with Crippen molar-refractivity contribution in [1.82, 2.24) is 14.8 Å². The first kappa shape index (κ1) is 11.2. The zero-order chi connectivity index (χ0) is 12.6. The quantitative estimate of drug-likeness (QED) is 0.863. The molecule has 0 fully saturated rings. The van der Waals surface area contributed by atoms with Crippen molar-refractivity contribution in [2.75, 3.05) is 0 Å². The van der Waals surface area contributed by atoms with E-state index >= 15 is 0 Å². The van der Waals surface area contributed by atoms with Crippen molar-refractivity contribution in [3.05, 3.63) is 41.4 Å². The van der Waals surface area contributed by atoms with Crippen LogP contribution in [-0.2, 0) is 0 Å². The molecule has 0 saturated heterocycles. The zero-order valence-corrected chi connectivity index (χ0v) is 8.69. The third-order valence-corrected chi connectivity index (χ3v) is 2.13. The van der Waals surface area contributed by atoms with Crippen LogP contribution in [0.3, 0.4) is 0 Å². The standard InChI is InChI=1S/C10H7F2N3O2/c1-5-7(10(16)17)4-15(14-5)9-8(12)2-6(11)3-13-9/h2-4H,1H3,(H,16,17). The first-order valence-electron chi connectivity index (χ1n) is 4.60. The van der Waals surface area contributed by atoms with Crippen molar-refractivity contribution in [2.24, 2.45) is 0 Å². The number of nitrogens with zero attached hydrogens (tertiary/aromatic N) is 3. The Morgan fingerprint density at radius 2 is 2.18 bits per heavy atom. The molecular weight excluding hydrogens is 232 g/mol. The van der Waals surface area contributed by atoms with Crippen molar-refractivity contribution in [3.8, 4) is 5.82 Å². The molecule has 2 heterocycles. The molecule has 0 bridgehead atoms. The van der Waals surface area contributed by atoms with Gasteiger partial charge >= 0.3 is 5.97 Å². The SMILES string of the molecule is Cc1nn(-c2ncc(F)cc2F)cc1C(=O)O. The van der Waals surface area contributed by atoms with E-state index in [2.05, 4.69) is 10.1 Å². The lowest BCUT2D eigenvalue weighted by Gasteiger charge is -2.00. The minimum Gasteiger partial charge on any atom is -0.478 e. The van der Waals surface area contributed by atoms with Crippen LogP contribution in [0, 0.1) is 18.6 Å². The summed E-state index contributed by atoms with van der Waals surface area (Å²) >= 11 is 0. The predicted octanol–water partition coefficient (Wildman–Crippen LogP) is 1.55. The smallest absolute Gasteiger partial charge is 0.339 e. The maximum absolute atomic E-state index is 13.4. The van der Waals surface area contributed by atoms with Crippen LogP contribution in [-0.4, -0.2) is 25.8 Å². The van der Waals surface area contributed by atoms with Crippen LogP contribution in [0.1, 0.15) is 16.1 Å². The summed E-state index contributed by atoms with van der Waals surface area (Å²) in [5.74, 6) is -3.14. The molecule has 2 aromatic rings. The first-order chi connectivity index (χ1) is 7.99. The number of carbonyl (C=O) groups is 1. The summed E-state index contributed by atoms with van der Waals surface area (Å²) in [4.78, 5) is 14.3. The number of hydrogen-bond acceptors (Lipinski definition) is 3. The highest BCUT2D eigenvalue weighted by Crippen LogP contribution is 2.13. The third-order valence-electron chi connectivity index (χ3n) is 2.13. The Morgan fingerprint density at radius 1 is 1.47 bits per heavy atom. The number of rotatable bonds is 2. The average molecular weight is 239 g/mol. The monoisotopic (exact) mass is 239 g/mol. The maximum Gasteiger partial charge on any atom is 0.339 e. The van der Waals surface area contributed by atoms with Gasteiger partial charge in [-0.1, -0.05) is 0 Å². The highest BCUT2D eigenvalue weighted by atomic mass is 19.1. The molecule has 0 radical (unpaired) electrons. The van der Waals surface area contributed by atoms with Crippen LogP contribution in [0.15, 0.2) is 18.5 Å². The summed E-state index contributed by atoms with van der Waals surface area (Å²) in [6.45, 7) is 1.47. The van der Waals surface area contributed by atoms with Gasteiger partial charge in [-0.25, -0.2) is 23.2 Å². The van der Waals surface area contributed by atoms with Gasteiger partial charge in [-0.2, -0.15) is 5.10 Å². The van der Waals surface area contributed by atoms with Crippen molar-refractivity contribution >= 4 is 5.97 Å². The second-order valence-corrected chi connectivity index (χ2v) is 3.34. The summed E-state index contributed by atoms with van der Waals surface area (Å²) in [5, 5.41) is 12.6. The molecule has 0 aromatic carbocycles. The van der Waals surface area contributed by atoms with Gasteiger partial charge in [0.05, 0.1) is 11.9 Å². The normalized spacial score (nSPS) is 10.5. The van der Waals surface area contributed by atoms with E-state index in [0.29, 0.717) is 6.07 Å². The lowest BCUT2D eigenvalue weighted by molar-refractivity contribution is 0.0696.